The van der Waals surface area contributed by atoms with Crippen LogP contribution in [0, 0.1) is 5.92 Å². The lowest BCUT2D eigenvalue weighted by Crippen LogP contribution is -2.56. The molecule has 2 fully saturated rings. The molecule has 0 aromatic heterocycles. The van der Waals surface area contributed by atoms with Gasteiger partial charge in [-0.25, -0.2) is 9.59 Å². The van der Waals surface area contributed by atoms with Crippen LogP contribution in [-0.2, 0) is 38.2 Å². The maximum Gasteiger partial charge on any atom is 0.408 e. The first kappa shape index (κ1) is 33.9. The first-order chi connectivity index (χ1) is 20.6. The second kappa shape index (κ2) is 13.6. The van der Waals surface area contributed by atoms with E-state index in [4.69, 9.17) is 13.7 Å². The highest BCUT2D eigenvalue weighted by Crippen LogP contribution is 2.46. The van der Waals surface area contributed by atoms with Crippen LogP contribution in [0.3, 0.4) is 0 Å². The molecule has 0 bridgehead atoms. The molecule has 2 N–H and O–H groups in total. The van der Waals surface area contributed by atoms with Gasteiger partial charge in [-0.3, -0.25) is 13.8 Å². The second-order valence-corrected chi connectivity index (χ2v) is 14.9. The number of rotatable bonds is 5. The molecule has 3 amide bonds. The summed E-state index contributed by atoms with van der Waals surface area (Å²) in [4.78, 5) is 54.6. The molecule has 1 aliphatic carbocycles. The lowest BCUT2D eigenvalue weighted by atomic mass is 10.0. The Bertz CT molecular complexity index is 1390. The van der Waals surface area contributed by atoms with Gasteiger partial charge in [0.1, 0.15) is 23.2 Å². The summed E-state index contributed by atoms with van der Waals surface area (Å²) in [6.45, 7) is 4.88. The van der Waals surface area contributed by atoms with Gasteiger partial charge in [0.05, 0.1) is 18.1 Å². The third-order valence-corrected chi connectivity index (χ3v) is 9.75. The van der Waals surface area contributed by atoms with E-state index in [0.29, 0.717) is 17.3 Å². The molecule has 4 rings (SSSR count). The maximum atomic E-state index is 14.1. The van der Waals surface area contributed by atoms with E-state index in [2.05, 4.69) is 26.6 Å². The van der Waals surface area contributed by atoms with Crippen LogP contribution in [0.5, 0.6) is 0 Å². The predicted octanol–water partition coefficient (Wildman–Crippen LogP) is 3.59. The molecule has 0 radical (unpaired) electrons. The zero-order valence-corrected chi connectivity index (χ0v) is 27.7. The van der Waals surface area contributed by atoms with Crippen LogP contribution in [0.15, 0.2) is 45.8 Å². The number of allylic oxidation sites excluding steroid dienone is 1. The number of hydrogen-bond acceptors (Lipinski definition) is 9. The summed E-state index contributed by atoms with van der Waals surface area (Å²) in [5, 5.41) is 5.46. The third-order valence-electron chi connectivity index (χ3n) is 7.85. The number of esters is 1. The van der Waals surface area contributed by atoms with Crippen LogP contribution in [0.2, 0.25) is 0 Å². The van der Waals surface area contributed by atoms with Gasteiger partial charge < -0.3 is 25.0 Å². The zero-order chi connectivity index (χ0) is 32.3. The molecule has 1 aromatic carbocycles. The Kier molecular flexibility index (Phi) is 10.5. The van der Waals surface area contributed by atoms with Crippen molar-refractivity contribution in [2.75, 3.05) is 13.7 Å². The van der Waals surface area contributed by atoms with Gasteiger partial charge in [-0.2, -0.15) is 8.42 Å². The van der Waals surface area contributed by atoms with E-state index < -0.39 is 63.3 Å². The SMILES string of the molecule is COC(=O)C12CC1C=CCCCCCC(NC(=O)OC(C)(C)C)C(=O)N1CC(OS(=O)(=O)c3ccc(Br)cc3)CC1C(=O)N2. The fourth-order valence-electron chi connectivity index (χ4n) is 5.59. The van der Waals surface area contributed by atoms with E-state index in [1.165, 1.54) is 24.1 Å². The van der Waals surface area contributed by atoms with Gasteiger partial charge in [0.2, 0.25) is 11.8 Å². The van der Waals surface area contributed by atoms with Crippen molar-refractivity contribution < 1.29 is 41.3 Å². The monoisotopic (exact) mass is 697 g/mol. The third kappa shape index (κ3) is 8.19. The first-order valence-corrected chi connectivity index (χ1v) is 16.9. The number of benzene rings is 1. The van der Waals surface area contributed by atoms with Crippen molar-refractivity contribution in [3.8, 4) is 0 Å². The summed E-state index contributed by atoms with van der Waals surface area (Å²) in [6, 6.07) is 3.68. The minimum absolute atomic E-state index is 0.0809. The molecule has 5 unspecified atom stereocenters. The van der Waals surface area contributed by atoms with Gasteiger partial charge in [0, 0.05) is 23.4 Å². The van der Waals surface area contributed by atoms with Crippen LogP contribution >= 0.6 is 15.9 Å². The summed E-state index contributed by atoms with van der Waals surface area (Å²) in [5.41, 5.74) is -2.09. The molecule has 0 spiro atoms. The van der Waals surface area contributed by atoms with Crippen molar-refractivity contribution in [1.82, 2.24) is 15.5 Å². The average molecular weight is 699 g/mol. The average Bonchev–Trinajstić information content (AvgIpc) is 3.47. The highest BCUT2D eigenvalue weighted by Gasteiger charge is 2.62. The summed E-state index contributed by atoms with van der Waals surface area (Å²) >= 11 is 3.27. The molecule has 2 aliphatic heterocycles. The Morgan fingerprint density at radius 2 is 1.82 bits per heavy atom. The molecule has 2 heterocycles. The molecule has 44 heavy (non-hydrogen) atoms. The number of nitrogens with zero attached hydrogens (tertiary/aromatic N) is 1. The van der Waals surface area contributed by atoms with Crippen molar-refractivity contribution in [2.45, 2.75) is 99.9 Å². The number of alkyl carbamates (subject to hydrolysis) is 1. The predicted molar refractivity (Wildman–Crippen MR) is 163 cm³/mol. The molecule has 242 valence electrons. The van der Waals surface area contributed by atoms with E-state index in [0.717, 1.165) is 19.3 Å². The highest BCUT2D eigenvalue weighted by atomic mass is 79.9. The number of carbonyl (C=O) groups is 4. The van der Waals surface area contributed by atoms with Crippen LogP contribution in [0.4, 0.5) is 4.79 Å². The highest BCUT2D eigenvalue weighted by molar-refractivity contribution is 9.10. The van der Waals surface area contributed by atoms with Gasteiger partial charge in [-0.1, -0.05) is 40.9 Å². The van der Waals surface area contributed by atoms with Gasteiger partial charge in [-0.05, 0) is 70.7 Å². The quantitative estimate of drug-likeness (QED) is 0.267. The molecule has 1 saturated heterocycles. The van der Waals surface area contributed by atoms with Crippen LogP contribution in [0.25, 0.3) is 0 Å². The van der Waals surface area contributed by atoms with Crippen molar-refractivity contribution >= 4 is 49.9 Å². The number of halogens is 1. The van der Waals surface area contributed by atoms with Crippen molar-refractivity contribution in [3.05, 3.63) is 40.9 Å². The summed E-state index contributed by atoms with van der Waals surface area (Å²) in [7, 11) is -3.00. The fraction of sp³-hybridized carbons (Fsp3) is 0.600. The summed E-state index contributed by atoms with van der Waals surface area (Å²) in [6.07, 6.45) is 5.45. The Hall–Kier alpha value is -2.97. The normalized spacial score (nSPS) is 28.1. The molecule has 12 nitrogen and oxygen atoms in total. The second-order valence-electron chi connectivity index (χ2n) is 12.4. The van der Waals surface area contributed by atoms with E-state index in [1.54, 1.807) is 32.9 Å². The molecule has 3 aliphatic rings. The summed E-state index contributed by atoms with van der Waals surface area (Å²) in [5.74, 6) is -2.09. The number of carbonyl (C=O) groups excluding carboxylic acids is 4. The lowest BCUT2D eigenvalue weighted by Gasteiger charge is -2.30. The van der Waals surface area contributed by atoms with E-state index in [9.17, 15) is 27.6 Å². The van der Waals surface area contributed by atoms with Gasteiger partial charge in [0.15, 0.2) is 0 Å². The van der Waals surface area contributed by atoms with Crippen molar-refractivity contribution in [3.63, 3.8) is 0 Å². The number of nitrogens with one attached hydrogen (secondary N) is 2. The standard InChI is InChI=1S/C30H40BrN3O9S/c1-29(2,3)42-28(38)32-23-11-9-7-5-6-8-10-19-17-30(19,27(37)41-4)33-25(35)24-16-21(18-34(24)26(23)36)43-44(39,40)22-14-12-20(31)13-15-22/h8,10,12-15,19,21,23-24H,5-7,9,11,16-18H2,1-4H3,(H,32,38)(H,33,35). The van der Waals surface area contributed by atoms with Crippen LogP contribution in [0.1, 0.15) is 65.7 Å². The minimum atomic E-state index is -4.24. The smallest absolute Gasteiger partial charge is 0.408 e. The van der Waals surface area contributed by atoms with Crippen molar-refractivity contribution in [2.24, 2.45) is 5.92 Å². The number of methoxy groups -OCH3 is 1. The fourth-order valence-corrected chi connectivity index (χ4v) is 6.93. The molecular formula is C30H40BrN3O9S. The van der Waals surface area contributed by atoms with E-state index >= 15 is 0 Å². The number of hydrogen-bond donors (Lipinski definition) is 2. The molecule has 5 atom stereocenters. The molecule has 1 aromatic rings. The topological polar surface area (TPSA) is 157 Å². The Labute approximate surface area is 266 Å². The van der Waals surface area contributed by atoms with E-state index in [1.807, 2.05) is 12.2 Å². The Balaban J connectivity index is 1.64. The van der Waals surface area contributed by atoms with Crippen molar-refractivity contribution in [1.29, 1.82) is 0 Å². The van der Waals surface area contributed by atoms with Crippen LogP contribution in [-0.4, -0.2) is 80.2 Å². The largest absolute Gasteiger partial charge is 0.467 e. The Morgan fingerprint density at radius 3 is 2.48 bits per heavy atom. The number of fused-ring (bicyclic) bond motifs is 2. The van der Waals surface area contributed by atoms with E-state index in [-0.39, 0.29) is 30.2 Å². The summed E-state index contributed by atoms with van der Waals surface area (Å²) < 4.78 is 42.9. The van der Waals surface area contributed by atoms with Crippen LogP contribution < -0.4 is 10.6 Å². The lowest BCUT2D eigenvalue weighted by molar-refractivity contribution is -0.148. The maximum absolute atomic E-state index is 14.1. The molecule has 1 saturated carbocycles. The van der Waals surface area contributed by atoms with Gasteiger partial charge in [-0.15, -0.1) is 0 Å². The molecular weight excluding hydrogens is 658 g/mol. The number of amides is 3. The first-order valence-electron chi connectivity index (χ1n) is 14.7. The number of ether oxygens (including phenoxy) is 2. The van der Waals surface area contributed by atoms with Gasteiger partial charge in [0.25, 0.3) is 10.1 Å². The minimum Gasteiger partial charge on any atom is -0.467 e. The molecule has 14 heteroatoms. The Morgan fingerprint density at radius 1 is 1.11 bits per heavy atom. The van der Waals surface area contributed by atoms with Gasteiger partial charge >= 0.3 is 12.1 Å². The zero-order valence-electron chi connectivity index (χ0n) is 25.3.